The molecule has 2 aromatic carbocycles. The van der Waals surface area contributed by atoms with Gasteiger partial charge in [-0.1, -0.05) is 18.2 Å². The first-order chi connectivity index (χ1) is 12.2. The van der Waals surface area contributed by atoms with Crippen LogP contribution in [0.4, 0.5) is 5.82 Å². The molecule has 124 valence electrons. The Hall–Kier alpha value is -3.33. The van der Waals surface area contributed by atoms with Crippen LogP contribution in [0.25, 0.3) is 10.9 Å². The number of hydrogen-bond acceptors (Lipinski definition) is 4. The number of amides is 1. The summed E-state index contributed by atoms with van der Waals surface area (Å²) in [6, 6.07) is 13.5. The number of fused-ring (bicyclic) bond motifs is 2. The third-order valence-electron chi connectivity index (χ3n) is 4.52. The molecule has 0 radical (unpaired) electrons. The molecule has 4 rings (SSSR count). The lowest BCUT2D eigenvalue weighted by Crippen LogP contribution is -2.32. The first kappa shape index (κ1) is 15.2. The van der Waals surface area contributed by atoms with Gasteiger partial charge < -0.3 is 10.1 Å². The zero-order chi connectivity index (χ0) is 17.4. The minimum absolute atomic E-state index is 0.120. The van der Waals surface area contributed by atoms with Crippen LogP contribution < -0.4 is 10.1 Å². The number of para-hydroxylation sites is 1. The number of nitriles is 1. The summed E-state index contributed by atoms with van der Waals surface area (Å²) in [4.78, 5) is 12.6. The van der Waals surface area contributed by atoms with E-state index >= 15 is 0 Å². The number of hydrogen-bond donors (Lipinski definition) is 2. The van der Waals surface area contributed by atoms with Crippen molar-refractivity contribution < 1.29 is 9.53 Å². The van der Waals surface area contributed by atoms with Crippen molar-refractivity contribution in [2.45, 2.75) is 13.3 Å². The zero-order valence-electron chi connectivity index (χ0n) is 13.7. The number of nitrogens with zero attached hydrogens (tertiary/aromatic N) is 2. The van der Waals surface area contributed by atoms with E-state index in [1.165, 1.54) is 0 Å². The number of carbonyl (C=O) groups is 1. The smallest absolute Gasteiger partial charge is 0.232 e. The van der Waals surface area contributed by atoms with Gasteiger partial charge in [0.05, 0.1) is 23.1 Å². The van der Waals surface area contributed by atoms with Crippen LogP contribution in [0, 0.1) is 24.2 Å². The highest BCUT2D eigenvalue weighted by Gasteiger charge is 2.26. The highest BCUT2D eigenvalue weighted by Crippen LogP contribution is 2.29. The number of aromatic amines is 1. The van der Waals surface area contributed by atoms with Crippen molar-refractivity contribution in [3.05, 3.63) is 53.1 Å². The fourth-order valence-electron chi connectivity index (χ4n) is 3.10. The number of H-pyrrole nitrogens is 1. The van der Waals surface area contributed by atoms with E-state index in [2.05, 4.69) is 21.6 Å². The molecule has 2 N–H and O–H groups in total. The van der Waals surface area contributed by atoms with Crippen molar-refractivity contribution in [2.75, 3.05) is 11.9 Å². The maximum Gasteiger partial charge on any atom is 0.232 e. The Labute approximate surface area is 144 Å². The van der Waals surface area contributed by atoms with Gasteiger partial charge in [0.15, 0.2) is 5.82 Å². The Morgan fingerprint density at radius 1 is 1.40 bits per heavy atom. The van der Waals surface area contributed by atoms with Gasteiger partial charge in [-0.05, 0) is 42.7 Å². The number of carbonyl (C=O) groups excluding carboxylic acids is 1. The van der Waals surface area contributed by atoms with Gasteiger partial charge in [-0.15, -0.1) is 0 Å². The molecule has 1 aromatic heterocycles. The SMILES string of the molecule is Cc1cc2c(NC(=O)C3COc4ccccc4C3)n[nH]c2cc1C#N. The van der Waals surface area contributed by atoms with Crippen molar-refractivity contribution in [1.29, 1.82) is 5.26 Å². The van der Waals surface area contributed by atoms with Gasteiger partial charge in [0.2, 0.25) is 5.91 Å². The van der Waals surface area contributed by atoms with Gasteiger partial charge in [0.25, 0.3) is 0 Å². The Morgan fingerprint density at radius 2 is 2.24 bits per heavy atom. The van der Waals surface area contributed by atoms with Crippen LogP contribution in [0.3, 0.4) is 0 Å². The minimum atomic E-state index is -0.263. The fraction of sp³-hybridized carbons (Fsp3) is 0.211. The Kier molecular flexibility index (Phi) is 3.62. The van der Waals surface area contributed by atoms with Gasteiger partial charge in [0, 0.05) is 5.39 Å². The number of anilines is 1. The summed E-state index contributed by atoms with van der Waals surface area (Å²) in [6.07, 6.45) is 0.641. The number of nitrogens with one attached hydrogen (secondary N) is 2. The van der Waals surface area contributed by atoms with Crippen molar-refractivity contribution in [3.8, 4) is 11.8 Å². The molecule has 1 aliphatic rings. The molecule has 1 aliphatic heterocycles. The van der Waals surface area contributed by atoms with Gasteiger partial charge in [0.1, 0.15) is 12.4 Å². The van der Waals surface area contributed by atoms with E-state index < -0.39 is 0 Å². The predicted molar refractivity (Wildman–Crippen MR) is 93.3 cm³/mol. The van der Waals surface area contributed by atoms with Crippen molar-refractivity contribution in [1.82, 2.24) is 10.2 Å². The molecule has 3 aromatic rings. The van der Waals surface area contributed by atoms with E-state index in [0.29, 0.717) is 24.4 Å². The first-order valence-corrected chi connectivity index (χ1v) is 8.06. The summed E-state index contributed by atoms with van der Waals surface area (Å²) in [7, 11) is 0. The Bertz CT molecular complexity index is 1020. The number of aryl methyl sites for hydroxylation is 1. The summed E-state index contributed by atoms with van der Waals surface area (Å²) in [5.74, 6) is 0.939. The maximum atomic E-state index is 12.6. The molecular formula is C19H16N4O2. The highest BCUT2D eigenvalue weighted by molar-refractivity contribution is 6.01. The van der Waals surface area contributed by atoms with E-state index in [-0.39, 0.29) is 11.8 Å². The number of benzene rings is 2. The van der Waals surface area contributed by atoms with Gasteiger partial charge in [-0.25, -0.2) is 0 Å². The van der Waals surface area contributed by atoms with Crippen LogP contribution in [0.2, 0.25) is 0 Å². The minimum Gasteiger partial charge on any atom is -0.492 e. The summed E-state index contributed by atoms with van der Waals surface area (Å²) in [5.41, 5.74) is 3.20. The molecule has 0 aliphatic carbocycles. The Morgan fingerprint density at radius 3 is 3.08 bits per heavy atom. The van der Waals surface area contributed by atoms with Crippen LogP contribution in [0.15, 0.2) is 36.4 Å². The van der Waals surface area contributed by atoms with Crippen LogP contribution >= 0.6 is 0 Å². The average molecular weight is 332 g/mol. The zero-order valence-corrected chi connectivity index (χ0v) is 13.7. The summed E-state index contributed by atoms with van der Waals surface area (Å²) >= 11 is 0. The third kappa shape index (κ3) is 2.70. The van der Waals surface area contributed by atoms with E-state index in [1.54, 1.807) is 6.07 Å². The van der Waals surface area contributed by atoms with E-state index in [4.69, 9.17) is 10.00 Å². The molecule has 1 amide bonds. The largest absolute Gasteiger partial charge is 0.492 e. The first-order valence-electron chi connectivity index (χ1n) is 8.06. The maximum absolute atomic E-state index is 12.6. The molecule has 0 saturated heterocycles. The lowest BCUT2D eigenvalue weighted by molar-refractivity contribution is -0.121. The third-order valence-corrected chi connectivity index (χ3v) is 4.52. The summed E-state index contributed by atoms with van der Waals surface area (Å²) in [5, 5.41) is 19.8. The standard InChI is InChI=1S/C19H16N4O2/c1-11-6-15-16(8-13(11)9-20)22-23-18(15)21-19(24)14-7-12-4-2-3-5-17(12)25-10-14/h2-6,8,14H,7,10H2,1H3,(H2,21,22,23,24). The molecule has 0 saturated carbocycles. The average Bonchev–Trinajstić information content (AvgIpc) is 3.02. The van der Waals surface area contributed by atoms with Crippen LogP contribution in [0.5, 0.6) is 5.75 Å². The Balaban J connectivity index is 1.57. The van der Waals surface area contributed by atoms with Gasteiger partial charge >= 0.3 is 0 Å². The second kappa shape index (κ2) is 5.95. The fourth-order valence-corrected chi connectivity index (χ4v) is 3.10. The molecule has 25 heavy (non-hydrogen) atoms. The summed E-state index contributed by atoms with van der Waals surface area (Å²) in [6.45, 7) is 2.21. The molecule has 6 nitrogen and oxygen atoms in total. The molecule has 0 fully saturated rings. The lowest BCUT2D eigenvalue weighted by Gasteiger charge is -2.24. The van der Waals surface area contributed by atoms with Gasteiger partial charge in [-0.2, -0.15) is 10.4 Å². The molecule has 1 atom stereocenters. The summed E-state index contributed by atoms with van der Waals surface area (Å²) < 4.78 is 5.69. The lowest BCUT2D eigenvalue weighted by atomic mass is 9.96. The topological polar surface area (TPSA) is 90.8 Å². The molecule has 6 heteroatoms. The highest BCUT2D eigenvalue weighted by atomic mass is 16.5. The van der Waals surface area contributed by atoms with Crippen LogP contribution in [0.1, 0.15) is 16.7 Å². The van der Waals surface area contributed by atoms with E-state index in [9.17, 15) is 4.79 Å². The van der Waals surface area contributed by atoms with Crippen molar-refractivity contribution in [2.24, 2.45) is 5.92 Å². The number of aromatic nitrogens is 2. The van der Waals surface area contributed by atoms with Gasteiger partial charge in [-0.3, -0.25) is 9.89 Å². The molecule has 1 unspecified atom stereocenters. The number of rotatable bonds is 2. The van der Waals surface area contributed by atoms with Crippen molar-refractivity contribution >= 4 is 22.6 Å². The molecule has 0 bridgehead atoms. The van der Waals surface area contributed by atoms with E-state index in [0.717, 1.165) is 27.8 Å². The van der Waals surface area contributed by atoms with Crippen LogP contribution in [-0.4, -0.2) is 22.7 Å². The predicted octanol–water partition coefficient (Wildman–Crippen LogP) is 2.93. The second-order valence-electron chi connectivity index (χ2n) is 6.21. The number of ether oxygens (including phenoxy) is 1. The normalized spacial score (nSPS) is 15.9. The van der Waals surface area contributed by atoms with Crippen molar-refractivity contribution in [3.63, 3.8) is 0 Å². The van der Waals surface area contributed by atoms with E-state index in [1.807, 2.05) is 37.3 Å². The quantitative estimate of drug-likeness (QED) is 0.755. The monoisotopic (exact) mass is 332 g/mol. The second-order valence-corrected chi connectivity index (χ2v) is 6.21. The molecule has 0 spiro atoms. The molecular weight excluding hydrogens is 316 g/mol. The van der Waals surface area contributed by atoms with Crippen LogP contribution in [-0.2, 0) is 11.2 Å². The molecule has 2 heterocycles.